The smallest absolute Gasteiger partial charge is 0.290 e. The van der Waals surface area contributed by atoms with Gasteiger partial charge in [-0.1, -0.05) is 18.2 Å². The highest BCUT2D eigenvalue weighted by Gasteiger charge is 2.22. The van der Waals surface area contributed by atoms with E-state index < -0.39 is 0 Å². The van der Waals surface area contributed by atoms with Crippen molar-refractivity contribution in [2.75, 3.05) is 18.0 Å². The lowest BCUT2D eigenvalue weighted by Crippen LogP contribution is -2.47. The molecule has 7 heteroatoms. The lowest BCUT2D eigenvalue weighted by atomic mass is 10.0. The van der Waals surface area contributed by atoms with Gasteiger partial charge in [-0.15, -0.1) is 0 Å². The van der Waals surface area contributed by atoms with Crippen LogP contribution in [-0.2, 0) is 6.54 Å². The number of aromatic nitrogens is 4. The Morgan fingerprint density at radius 1 is 1.38 bits per heavy atom. The standard InChI is InChI=1S/C17H20N6O/c24-17-16(18-6-7-19-17)23-8-2-5-14(11-23)20-9-12-3-1-4-13-10-21-22-15(12)13/h1,3-4,6-7,10,14,20H,2,5,8-9,11H2,(H,19,24)(H,21,22)/t14-/m1/s1. The summed E-state index contributed by atoms with van der Waals surface area (Å²) < 4.78 is 0. The average molecular weight is 324 g/mol. The third-order valence-corrected chi connectivity index (χ3v) is 4.55. The number of rotatable bonds is 4. The van der Waals surface area contributed by atoms with Crippen molar-refractivity contribution in [3.63, 3.8) is 0 Å². The summed E-state index contributed by atoms with van der Waals surface area (Å²) in [4.78, 5) is 20.9. The van der Waals surface area contributed by atoms with Gasteiger partial charge in [-0.3, -0.25) is 9.89 Å². The summed E-state index contributed by atoms with van der Waals surface area (Å²) in [7, 11) is 0. The number of aromatic amines is 2. The molecule has 24 heavy (non-hydrogen) atoms. The van der Waals surface area contributed by atoms with Crippen molar-refractivity contribution in [1.29, 1.82) is 0 Å². The van der Waals surface area contributed by atoms with Crippen LogP contribution in [0.2, 0.25) is 0 Å². The number of hydrogen-bond donors (Lipinski definition) is 3. The largest absolute Gasteiger partial charge is 0.350 e. The van der Waals surface area contributed by atoms with E-state index in [1.54, 1.807) is 12.4 Å². The third-order valence-electron chi connectivity index (χ3n) is 4.55. The van der Waals surface area contributed by atoms with E-state index in [-0.39, 0.29) is 5.56 Å². The van der Waals surface area contributed by atoms with Crippen LogP contribution in [0.25, 0.3) is 10.9 Å². The number of nitrogens with one attached hydrogen (secondary N) is 3. The highest BCUT2D eigenvalue weighted by Crippen LogP contribution is 2.18. The Morgan fingerprint density at radius 2 is 2.33 bits per heavy atom. The summed E-state index contributed by atoms with van der Waals surface area (Å²) in [5.74, 6) is 0.514. The molecule has 4 rings (SSSR count). The Kier molecular flexibility index (Phi) is 4.00. The summed E-state index contributed by atoms with van der Waals surface area (Å²) in [6.07, 6.45) is 7.18. The van der Waals surface area contributed by atoms with E-state index in [0.717, 1.165) is 43.4 Å². The third kappa shape index (κ3) is 2.90. The Morgan fingerprint density at radius 3 is 3.25 bits per heavy atom. The number of H-pyrrole nitrogens is 2. The zero-order chi connectivity index (χ0) is 16.4. The van der Waals surface area contributed by atoms with Gasteiger partial charge in [-0.25, -0.2) is 4.98 Å². The summed E-state index contributed by atoms with van der Waals surface area (Å²) >= 11 is 0. The minimum absolute atomic E-state index is 0.125. The van der Waals surface area contributed by atoms with E-state index >= 15 is 0 Å². The topological polar surface area (TPSA) is 89.7 Å². The molecule has 7 nitrogen and oxygen atoms in total. The van der Waals surface area contributed by atoms with Crippen LogP contribution in [0.3, 0.4) is 0 Å². The van der Waals surface area contributed by atoms with E-state index in [1.807, 2.05) is 6.20 Å². The fraction of sp³-hybridized carbons (Fsp3) is 0.353. The molecule has 3 heterocycles. The zero-order valence-electron chi connectivity index (χ0n) is 13.3. The molecule has 1 atom stereocenters. The second-order valence-corrected chi connectivity index (χ2v) is 6.16. The molecule has 0 amide bonds. The van der Waals surface area contributed by atoms with Crippen LogP contribution in [0, 0.1) is 0 Å². The van der Waals surface area contributed by atoms with Gasteiger partial charge in [0.05, 0.1) is 11.7 Å². The molecule has 0 aliphatic carbocycles. The van der Waals surface area contributed by atoms with E-state index in [9.17, 15) is 4.79 Å². The number of para-hydroxylation sites is 1. The quantitative estimate of drug-likeness (QED) is 0.675. The van der Waals surface area contributed by atoms with Crippen LogP contribution in [0.4, 0.5) is 5.82 Å². The van der Waals surface area contributed by atoms with Gasteiger partial charge >= 0.3 is 0 Å². The number of piperidine rings is 1. The number of benzene rings is 1. The second kappa shape index (κ2) is 6.45. The molecule has 0 unspecified atom stereocenters. The maximum absolute atomic E-state index is 11.9. The first-order chi connectivity index (χ1) is 11.8. The molecule has 1 fully saturated rings. The predicted octanol–water partition coefficient (Wildman–Crippen LogP) is 1.40. The maximum Gasteiger partial charge on any atom is 0.290 e. The molecule has 124 valence electrons. The highest BCUT2D eigenvalue weighted by atomic mass is 16.1. The Hall–Kier alpha value is -2.67. The van der Waals surface area contributed by atoms with Gasteiger partial charge < -0.3 is 15.2 Å². The van der Waals surface area contributed by atoms with Gasteiger partial charge in [0, 0.05) is 43.5 Å². The van der Waals surface area contributed by atoms with Crippen molar-refractivity contribution in [3.8, 4) is 0 Å². The summed E-state index contributed by atoms with van der Waals surface area (Å²) in [5.41, 5.74) is 2.16. The van der Waals surface area contributed by atoms with Gasteiger partial charge in [0.1, 0.15) is 0 Å². The van der Waals surface area contributed by atoms with Gasteiger partial charge in [0.2, 0.25) is 0 Å². The first-order valence-corrected chi connectivity index (χ1v) is 8.24. The number of hydrogen-bond acceptors (Lipinski definition) is 5. The molecular weight excluding hydrogens is 304 g/mol. The first kappa shape index (κ1) is 14.9. The molecule has 3 N–H and O–H groups in total. The molecule has 1 aromatic carbocycles. The Labute approximate surface area is 139 Å². The number of nitrogens with zero attached hydrogens (tertiary/aromatic N) is 3. The van der Waals surface area contributed by atoms with Crippen LogP contribution in [0.1, 0.15) is 18.4 Å². The Balaban J connectivity index is 1.45. The normalized spacial score (nSPS) is 18.2. The lowest BCUT2D eigenvalue weighted by molar-refractivity contribution is 0.420. The maximum atomic E-state index is 11.9. The molecule has 2 aromatic heterocycles. The molecule has 0 bridgehead atoms. The van der Waals surface area contributed by atoms with E-state index in [1.165, 1.54) is 5.56 Å². The van der Waals surface area contributed by atoms with Crippen molar-refractivity contribution < 1.29 is 0 Å². The SMILES string of the molecule is O=c1[nH]ccnc1N1CCC[C@@H](NCc2cccc3cn[nH]c23)C1. The predicted molar refractivity (Wildman–Crippen MR) is 93.0 cm³/mol. The van der Waals surface area contributed by atoms with Gasteiger partial charge in [-0.05, 0) is 18.4 Å². The van der Waals surface area contributed by atoms with E-state index in [0.29, 0.717) is 11.9 Å². The van der Waals surface area contributed by atoms with Gasteiger partial charge in [0.15, 0.2) is 5.82 Å². The van der Waals surface area contributed by atoms with Gasteiger partial charge in [0.25, 0.3) is 5.56 Å². The summed E-state index contributed by atoms with van der Waals surface area (Å²) in [5, 5.41) is 11.9. The first-order valence-electron chi connectivity index (χ1n) is 8.24. The fourth-order valence-corrected chi connectivity index (χ4v) is 3.34. The highest BCUT2D eigenvalue weighted by molar-refractivity contribution is 5.81. The van der Waals surface area contributed by atoms with Crippen LogP contribution >= 0.6 is 0 Å². The number of anilines is 1. The molecule has 3 aromatic rings. The fourth-order valence-electron chi connectivity index (χ4n) is 3.34. The minimum Gasteiger partial charge on any atom is -0.350 e. The molecule has 1 saturated heterocycles. The minimum atomic E-state index is -0.125. The van der Waals surface area contributed by atoms with Crippen molar-refractivity contribution in [2.45, 2.75) is 25.4 Å². The number of fused-ring (bicyclic) bond motifs is 1. The Bertz CT molecular complexity index is 886. The van der Waals surface area contributed by atoms with Crippen LogP contribution in [0.5, 0.6) is 0 Å². The summed E-state index contributed by atoms with van der Waals surface area (Å²) in [6, 6.07) is 6.55. The molecular formula is C17H20N6O. The zero-order valence-corrected chi connectivity index (χ0v) is 13.3. The van der Waals surface area contributed by atoms with Gasteiger partial charge in [-0.2, -0.15) is 5.10 Å². The van der Waals surface area contributed by atoms with Crippen molar-refractivity contribution in [3.05, 3.63) is 52.7 Å². The van der Waals surface area contributed by atoms with Crippen LogP contribution in [-0.4, -0.2) is 39.3 Å². The molecule has 0 radical (unpaired) electrons. The van der Waals surface area contributed by atoms with Crippen molar-refractivity contribution in [1.82, 2.24) is 25.5 Å². The molecule has 1 aliphatic heterocycles. The molecule has 0 saturated carbocycles. The van der Waals surface area contributed by atoms with Crippen LogP contribution < -0.4 is 15.8 Å². The van der Waals surface area contributed by atoms with E-state index in [4.69, 9.17) is 0 Å². The van der Waals surface area contributed by atoms with E-state index in [2.05, 4.69) is 48.6 Å². The van der Waals surface area contributed by atoms with Crippen molar-refractivity contribution in [2.24, 2.45) is 0 Å². The molecule has 1 aliphatic rings. The average Bonchev–Trinajstić information content (AvgIpc) is 3.10. The second-order valence-electron chi connectivity index (χ2n) is 6.16. The van der Waals surface area contributed by atoms with Crippen LogP contribution in [0.15, 0.2) is 41.6 Å². The van der Waals surface area contributed by atoms with Crippen molar-refractivity contribution >= 4 is 16.7 Å². The molecule has 0 spiro atoms. The summed E-state index contributed by atoms with van der Waals surface area (Å²) in [6.45, 7) is 2.43. The lowest BCUT2D eigenvalue weighted by Gasteiger charge is -2.33. The monoisotopic (exact) mass is 324 g/mol.